The molecule has 0 amide bonds. The first-order valence-corrected chi connectivity index (χ1v) is 5.85. The molecule has 5 heteroatoms. The van der Waals surface area contributed by atoms with Crippen molar-refractivity contribution in [2.24, 2.45) is 5.73 Å². The Morgan fingerprint density at radius 3 is 2.61 bits per heavy atom. The molecule has 18 heavy (non-hydrogen) atoms. The molecule has 0 aliphatic carbocycles. The van der Waals surface area contributed by atoms with Crippen LogP contribution in [-0.2, 0) is 4.74 Å². The number of nitrogens with two attached hydrogens (primary N) is 1. The van der Waals surface area contributed by atoms with E-state index in [4.69, 9.17) is 25.4 Å². The van der Waals surface area contributed by atoms with Crippen LogP contribution in [0, 0.1) is 5.41 Å². The third-order valence-electron chi connectivity index (χ3n) is 2.43. The Bertz CT molecular complexity index is 407. The Labute approximate surface area is 107 Å². The third kappa shape index (κ3) is 3.92. The minimum atomic E-state index is 0.00644. The number of ether oxygens (including phenoxy) is 3. The number of nitrogens with one attached hydrogen (secondary N) is 1. The molecule has 0 aliphatic rings. The first-order chi connectivity index (χ1) is 8.58. The average Bonchev–Trinajstić information content (AvgIpc) is 2.36. The molecule has 0 spiro atoms. The van der Waals surface area contributed by atoms with E-state index < -0.39 is 0 Å². The van der Waals surface area contributed by atoms with E-state index in [-0.39, 0.29) is 11.9 Å². The van der Waals surface area contributed by atoms with E-state index in [2.05, 4.69) is 0 Å². The van der Waals surface area contributed by atoms with Crippen LogP contribution in [0.2, 0.25) is 0 Å². The van der Waals surface area contributed by atoms with Gasteiger partial charge in [0.2, 0.25) is 0 Å². The molecule has 0 fully saturated rings. The van der Waals surface area contributed by atoms with Gasteiger partial charge < -0.3 is 19.9 Å². The van der Waals surface area contributed by atoms with Crippen molar-refractivity contribution >= 4 is 5.84 Å². The van der Waals surface area contributed by atoms with Crippen LogP contribution in [0.3, 0.4) is 0 Å². The Kier molecular flexibility index (Phi) is 5.45. The maximum absolute atomic E-state index is 7.40. The van der Waals surface area contributed by atoms with Crippen molar-refractivity contribution in [1.82, 2.24) is 0 Å². The number of methoxy groups -OCH3 is 1. The highest BCUT2D eigenvalue weighted by atomic mass is 16.5. The van der Waals surface area contributed by atoms with Gasteiger partial charge in [0.25, 0.3) is 0 Å². The summed E-state index contributed by atoms with van der Waals surface area (Å²) in [6, 6.07) is 5.19. The van der Waals surface area contributed by atoms with Crippen molar-refractivity contribution in [2.45, 2.75) is 20.0 Å². The minimum absolute atomic E-state index is 0.00644. The van der Waals surface area contributed by atoms with Gasteiger partial charge in [-0.05, 0) is 32.0 Å². The number of amidine groups is 1. The molecule has 0 aliphatic heterocycles. The van der Waals surface area contributed by atoms with Crippen LogP contribution in [0.4, 0.5) is 0 Å². The maximum Gasteiger partial charge on any atom is 0.161 e. The second kappa shape index (κ2) is 6.86. The highest BCUT2D eigenvalue weighted by molar-refractivity contribution is 5.95. The van der Waals surface area contributed by atoms with Crippen molar-refractivity contribution in [3.05, 3.63) is 23.8 Å². The lowest BCUT2D eigenvalue weighted by Crippen LogP contribution is -2.17. The van der Waals surface area contributed by atoms with Crippen LogP contribution < -0.4 is 15.2 Å². The zero-order valence-corrected chi connectivity index (χ0v) is 11.0. The molecule has 1 aromatic rings. The lowest BCUT2D eigenvalue weighted by Gasteiger charge is -2.15. The fraction of sp³-hybridized carbons (Fsp3) is 0.462. The lowest BCUT2D eigenvalue weighted by molar-refractivity contribution is 0.0703. The second-order valence-electron chi connectivity index (χ2n) is 3.87. The smallest absolute Gasteiger partial charge is 0.161 e. The Morgan fingerprint density at radius 1 is 1.33 bits per heavy atom. The zero-order chi connectivity index (χ0) is 13.5. The van der Waals surface area contributed by atoms with Gasteiger partial charge in [-0.1, -0.05) is 0 Å². The van der Waals surface area contributed by atoms with Crippen molar-refractivity contribution in [2.75, 3.05) is 20.3 Å². The predicted octanol–water partition coefficient (Wildman–Crippen LogP) is 1.78. The third-order valence-corrected chi connectivity index (χ3v) is 2.43. The Balaban J connectivity index is 2.85. The lowest BCUT2D eigenvalue weighted by atomic mass is 10.2. The fourth-order valence-corrected chi connectivity index (χ4v) is 1.34. The molecule has 1 rings (SSSR count). The van der Waals surface area contributed by atoms with Gasteiger partial charge in [-0.3, -0.25) is 5.41 Å². The largest absolute Gasteiger partial charge is 0.490 e. The molecule has 1 unspecified atom stereocenters. The van der Waals surface area contributed by atoms with Gasteiger partial charge in [0.15, 0.2) is 11.5 Å². The molecule has 1 aromatic carbocycles. The fourth-order valence-electron chi connectivity index (χ4n) is 1.34. The summed E-state index contributed by atoms with van der Waals surface area (Å²) >= 11 is 0. The molecule has 100 valence electrons. The van der Waals surface area contributed by atoms with Crippen molar-refractivity contribution in [1.29, 1.82) is 5.41 Å². The molecular weight excluding hydrogens is 232 g/mol. The van der Waals surface area contributed by atoms with Gasteiger partial charge in [-0.2, -0.15) is 0 Å². The number of nitrogen functional groups attached to an aromatic ring is 1. The summed E-state index contributed by atoms with van der Waals surface area (Å²) in [6.07, 6.45) is 0.00644. The highest BCUT2D eigenvalue weighted by Gasteiger charge is 2.09. The highest BCUT2D eigenvalue weighted by Crippen LogP contribution is 2.28. The molecule has 0 bridgehead atoms. The van der Waals surface area contributed by atoms with Gasteiger partial charge in [-0.25, -0.2) is 0 Å². The summed E-state index contributed by atoms with van der Waals surface area (Å²) in [5.74, 6) is 1.23. The van der Waals surface area contributed by atoms with E-state index >= 15 is 0 Å². The van der Waals surface area contributed by atoms with E-state index in [1.807, 2.05) is 13.8 Å². The van der Waals surface area contributed by atoms with Crippen molar-refractivity contribution < 1.29 is 14.2 Å². The molecule has 5 nitrogen and oxygen atoms in total. The summed E-state index contributed by atoms with van der Waals surface area (Å²) in [6.45, 7) is 4.78. The topological polar surface area (TPSA) is 77.6 Å². The number of hydrogen-bond acceptors (Lipinski definition) is 4. The molecule has 0 radical (unpaired) electrons. The summed E-state index contributed by atoms with van der Waals surface area (Å²) in [7, 11) is 1.64. The second-order valence-corrected chi connectivity index (χ2v) is 3.87. The van der Waals surface area contributed by atoms with Gasteiger partial charge in [0.1, 0.15) is 12.4 Å². The molecule has 1 atom stereocenters. The summed E-state index contributed by atoms with van der Waals surface area (Å²) < 4.78 is 16.2. The van der Waals surface area contributed by atoms with Crippen LogP contribution in [-0.4, -0.2) is 32.3 Å². The van der Waals surface area contributed by atoms with Gasteiger partial charge in [0.05, 0.1) is 12.7 Å². The summed E-state index contributed by atoms with van der Waals surface area (Å²) in [5, 5.41) is 7.40. The SMILES string of the molecule is CCOc1cc(C(=N)N)ccc1OCC(C)OC. The quantitative estimate of drug-likeness (QED) is 0.573. The van der Waals surface area contributed by atoms with Gasteiger partial charge in [-0.15, -0.1) is 0 Å². The summed E-state index contributed by atoms with van der Waals surface area (Å²) in [4.78, 5) is 0. The normalized spacial score (nSPS) is 11.9. The van der Waals surface area contributed by atoms with E-state index in [1.165, 1.54) is 0 Å². The number of rotatable bonds is 7. The molecular formula is C13H20N2O3. The first kappa shape index (κ1) is 14.3. The molecule has 0 saturated carbocycles. The summed E-state index contributed by atoms with van der Waals surface area (Å²) in [5.41, 5.74) is 6.06. The maximum atomic E-state index is 7.40. The van der Waals surface area contributed by atoms with E-state index in [0.717, 1.165) is 0 Å². The standard InChI is InChI=1S/C13H20N2O3/c1-4-17-12-7-10(13(14)15)5-6-11(12)18-8-9(2)16-3/h5-7,9H,4,8H2,1-3H3,(H3,14,15). The van der Waals surface area contributed by atoms with Gasteiger partial charge in [0, 0.05) is 12.7 Å². The van der Waals surface area contributed by atoms with Crippen molar-refractivity contribution in [3.8, 4) is 11.5 Å². The van der Waals surface area contributed by atoms with Crippen LogP contribution in [0.15, 0.2) is 18.2 Å². The molecule has 0 saturated heterocycles. The molecule has 0 heterocycles. The average molecular weight is 252 g/mol. The van der Waals surface area contributed by atoms with E-state index in [0.29, 0.717) is 30.3 Å². The van der Waals surface area contributed by atoms with Gasteiger partial charge >= 0.3 is 0 Å². The zero-order valence-electron chi connectivity index (χ0n) is 11.0. The van der Waals surface area contributed by atoms with E-state index in [9.17, 15) is 0 Å². The van der Waals surface area contributed by atoms with Crippen molar-refractivity contribution in [3.63, 3.8) is 0 Å². The minimum Gasteiger partial charge on any atom is -0.490 e. The van der Waals surface area contributed by atoms with Crippen LogP contribution in [0.5, 0.6) is 11.5 Å². The predicted molar refractivity (Wildman–Crippen MR) is 70.6 cm³/mol. The van der Waals surface area contributed by atoms with Crippen LogP contribution in [0.25, 0.3) is 0 Å². The van der Waals surface area contributed by atoms with E-state index in [1.54, 1.807) is 25.3 Å². The van der Waals surface area contributed by atoms with Crippen LogP contribution in [0.1, 0.15) is 19.4 Å². The number of hydrogen-bond donors (Lipinski definition) is 2. The van der Waals surface area contributed by atoms with Crippen LogP contribution >= 0.6 is 0 Å². The Morgan fingerprint density at radius 2 is 2.06 bits per heavy atom. The Hall–Kier alpha value is -1.75. The first-order valence-electron chi connectivity index (χ1n) is 5.85. The molecule has 3 N–H and O–H groups in total. The molecule has 0 aromatic heterocycles. The number of benzene rings is 1. The monoisotopic (exact) mass is 252 g/mol.